The molecule has 0 aliphatic rings. The molecule has 0 saturated heterocycles. The molecular formula is CH3Cl2Na. The molecule has 0 nitrogen and oxygen atoms in total. The van der Waals surface area contributed by atoms with Gasteiger partial charge in [-0.3, -0.25) is 0 Å². The molecule has 0 radical (unpaired) electrons. The van der Waals surface area contributed by atoms with E-state index < -0.39 is 0 Å². The van der Waals surface area contributed by atoms with Gasteiger partial charge in [-0.05, 0) is 0 Å². The third kappa shape index (κ3) is 9.55. The van der Waals surface area contributed by atoms with Crippen molar-refractivity contribution in [3.8, 4) is 0 Å². The quantitative estimate of drug-likeness (QED) is 0.263. The number of halogens is 2. The third-order valence-electron chi connectivity index (χ3n) is 0. The van der Waals surface area contributed by atoms with E-state index >= 15 is 0 Å². The van der Waals surface area contributed by atoms with E-state index in [2.05, 4.69) is 0 Å². The Bertz CT molecular complexity index is 9.61. The van der Waals surface area contributed by atoms with Gasteiger partial charge in [0, 0.05) is 0 Å². The van der Waals surface area contributed by atoms with E-state index in [-0.39, 0.29) is 36.3 Å². The fraction of sp³-hybridized carbons (Fsp3) is 1.00. The predicted molar refractivity (Wildman–Crippen MR) is 17.7 cm³/mol. The van der Waals surface area contributed by atoms with E-state index in [1.54, 1.807) is 0 Å². The van der Waals surface area contributed by atoms with Crippen LogP contribution in [0.3, 0.4) is 0 Å². The second-order valence-electron chi connectivity index (χ2n) is 0.101. The molecule has 0 heterocycles. The number of hydrogen-bond acceptors (Lipinski definition) is 0. The summed E-state index contributed by atoms with van der Waals surface area (Å²) in [5.74, 6) is 0. The molecule has 0 saturated carbocycles. The summed E-state index contributed by atoms with van der Waals surface area (Å²) in [5, 5.41) is 0.194. The molecule has 0 amide bonds. The maximum absolute atomic E-state index is 4.76. The fourth-order valence-electron chi connectivity index (χ4n) is 0. The van der Waals surface area contributed by atoms with Crippen LogP contribution in [0, 0.1) is 0 Å². The van der Waals surface area contributed by atoms with Crippen molar-refractivity contribution in [3.63, 3.8) is 0 Å². The molecular weight excluding hydrogens is 106 g/mol. The van der Waals surface area contributed by atoms with Gasteiger partial charge in [-0.15, -0.1) is 23.2 Å². The van der Waals surface area contributed by atoms with Gasteiger partial charge in [0.15, 0.2) is 0 Å². The molecule has 0 aromatic heterocycles. The smallest absolute Gasteiger partial charge is 1.00 e. The monoisotopic (exact) mass is 108 g/mol. The van der Waals surface area contributed by atoms with Crippen molar-refractivity contribution in [1.82, 2.24) is 0 Å². The van der Waals surface area contributed by atoms with E-state index in [1.807, 2.05) is 0 Å². The van der Waals surface area contributed by atoms with E-state index in [0.29, 0.717) is 0 Å². The zero-order valence-corrected chi connectivity index (χ0v) is 5.97. The summed E-state index contributed by atoms with van der Waals surface area (Å²) in [6, 6.07) is 0. The number of hydrogen-bond donors (Lipinski definition) is 0. The maximum Gasteiger partial charge on any atom is 1.00 e. The van der Waals surface area contributed by atoms with Gasteiger partial charge >= 0.3 is 29.6 Å². The number of alkyl halides is 2. The standard InChI is InChI=1S/CH2Cl2.Na.H/c2-1-3;;/h1H2;;/q;+1;-1. The summed E-state index contributed by atoms with van der Waals surface area (Å²) in [7, 11) is 0. The molecule has 0 aromatic rings. The Labute approximate surface area is 59.2 Å². The molecule has 0 aliphatic carbocycles. The van der Waals surface area contributed by atoms with Gasteiger partial charge in [-0.2, -0.15) is 0 Å². The molecule has 4 heavy (non-hydrogen) atoms. The van der Waals surface area contributed by atoms with Crippen molar-refractivity contribution >= 4 is 23.2 Å². The minimum absolute atomic E-state index is 0. The normalized spacial score (nSPS) is 4.50. The van der Waals surface area contributed by atoms with Crippen molar-refractivity contribution in [3.05, 3.63) is 0 Å². The molecule has 0 rings (SSSR count). The molecule has 3 heteroatoms. The first kappa shape index (κ1) is 9.13. The van der Waals surface area contributed by atoms with Gasteiger partial charge in [-0.1, -0.05) is 0 Å². The van der Waals surface area contributed by atoms with E-state index in [0.717, 1.165) is 0 Å². The summed E-state index contributed by atoms with van der Waals surface area (Å²) in [6.45, 7) is 0. The second-order valence-corrected chi connectivity index (χ2v) is 0.909. The Kier molecular flexibility index (Phi) is 20.1. The first-order valence-electron chi connectivity index (χ1n) is 0.535. The van der Waals surface area contributed by atoms with Crippen molar-refractivity contribution in [2.45, 2.75) is 0 Å². The molecule has 0 N–H and O–H groups in total. The Morgan fingerprint density at radius 3 is 1.50 bits per heavy atom. The van der Waals surface area contributed by atoms with Crippen molar-refractivity contribution in [2.75, 3.05) is 5.34 Å². The van der Waals surface area contributed by atoms with Crippen LogP contribution in [0.15, 0.2) is 0 Å². The summed E-state index contributed by atoms with van der Waals surface area (Å²) < 4.78 is 0. The van der Waals surface area contributed by atoms with Crippen molar-refractivity contribution in [1.29, 1.82) is 0 Å². The van der Waals surface area contributed by atoms with Crippen LogP contribution in [0.1, 0.15) is 1.43 Å². The molecule has 0 spiro atoms. The first-order valence-corrected chi connectivity index (χ1v) is 1.60. The van der Waals surface area contributed by atoms with Crippen LogP contribution in [-0.2, 0) is 0 Å². The molecule has 0 unspecified atom stereocenters. The third-order valence-corrected chi connectivity index (χ3v) is 0. The zero-order valence-electron chi connectivity index (χ0n) is 3.46. The van der Waals surface area contributed by atoms with E-state index in [1.165, 1.54) is 0 Å². The van der Waals surface area contributed by atoms with Gasteiger partial charge in [0.25, 0.3) is 0 Å². The van der Waals surface area contributed by atoms with Crippen LogP contribution < -0.4 is 29.6 Å². The van der Waals surface area contributed by atoms with Gasteiger partial charge in [0.05, 0.1) is 5.34 Å². The topological polar surface area (TPSA) is 0 Å². The van der Waals surface area contributed by atoms with Gasteiger partial charge in [0.2, 0.25) is 0 Å². The van der Waals surface area contributed by atoms with Crippen LogP contribution in [0.25, 0.3) is 0 Å². The summed E-state index contributed by atoms with van der Waals surface area (Å²) in [6.07, 6.45) is 0. The first-order chi connectivity index (χ1) is 1.41. The Morgan fingerprint density at radius 2 is 1.50 bits per heavy atom. The summed E-state index contributed by atoms with van der Waals surface area (Å²) in [5.41, 5.74) is 0. The van der Waals surface area contributed by atoms with Gasteiger partial charge in [0.1, 0.15) is 0 Å². The van der Waals surface area contributed by atoms with Crippen LogP contribution in [0.2, 0.25) is 0 Å². The largest absolute Gasteiger partial charge is 1.00 e. The molecule has 0 aromatic carbocycles. The van der Waals surface area contributed by atoms with E-state index in [4.69, 9.17) is 23.2 Å². The maximum atomic E-state index is 4.76. The minimum Gasteiger partial charge on any atom is -1.00 e. The van der Waals surface area contributed by atoms with Crippen molar-refractivity contribution < 1.29 is 31.0 Å². The van der Waals surface area contributed by atoms with E-state index in [9.17, 15) is 0 Å². The average Bonchev–Trinajstić information content (AvgIpc) is 0.918. The van der Waals surface area contributed by atoms with Crippen molar-refractivity contribution in [2.24, 2.45) is 0 Å². The Hall–Kier alpha value is 1.58. The van der Waals surface area contributed by atoms with Crippen LogP contribution >= 0.6 is 23.2 Å². The van der Waals surface area contributed by atoms with Crippen LogP contribution in [0.4, 0.5) is 0 Å². The summed E-state index contributed by atoms with van der Waals surface area (Å²) in [4.78, 5) is 0. The molecule has 0 fully saturated rings. The summed E-state index contributed by atoms with van der Waals surface area (Å²) >= 11 is 9.53. The average molecular weight is 109 g/mol. The predicted octanol–water partition coefficient (Wildman–Crippen LogP) is -1.46. The molecule has 0 aliphatic heterocycles. The zero-order chi connectivity index (χ0) is 2.71. The van der Waals surface area contributed by atoms with Gasteiger partial charge < -0.3 is 1.43 Å². The second kappa shape index (κ2) is 8.82. The minimum atomic E-state index is 0. The fourth-order valence-corrected chi connectivity index (χ4v) is 0. The SMILES string of the molecule is ClCCl.[H-].[Na+]. The van der Waals surface area contributed by atoms with Gasteiger partial charge in [-0.25, -0.2) is 0 Å². The Morgan fingerprint density at radius 1 is 1.50 bits per heavy atom. The molecule has 0 bridgehead atoms. The Balaban J connectivity index is -0.0000000200. The number of rotatable bonds is 0. The molecule has 22 valence electrons. The van der Waals surface area contributed by atoms with Crippen LogP contribution in [0.5, 0.6) is 0 Å². The molecule has 0 atom stereocenters. The van der Waals surface area contributed by atoms with Crippen LogP contribution in [-0.4, -0.2) is 5.34 Å².